The van der Waals surface area contributed by atoms with Gasteiger partial charge < -0.3 is 10.6 Å². The van der Waals surface area contributed by atoms with Crippen LogP contribution < -0.4 is 10.6 Å². The van der Waals surface area contributed by atoms with Gasteiger partial charge in [0, 0.05) is 19.8 Å². The summed E-state index contributed by atoms with van der Waals surface area (Å²) in [6.07, 6.45) is 2.76. The van der Waals surface area contributed by atoms with Gasteiger partial charge in [-0.15, -0.1) is 0 Å². The predicted octanol–water partition coefficient (Wildman–Crippen LogP) is 2.23. The highest BCUT2D eigenvalue weighted by Gasteiger charge is 1.97. The topological polar surface area (TPSA) is 49.8 Å². The zero-order valence-electron chi connectivity index (χ0n) is 9.10. The minimum atomic E-state index is 0.639. The van der Waals surface area contributed by atoms with Crippen molar-refractivity contribution in [2.45, 2.75) is 6.42 Å². The van der Waals surface area contributed by atoms with Crippen LogP contribution in [0.25, 0.3) is 0 Å². The Balaban J connectivity index is 1.85. The van der Waals surface area contributed by atoms with E-state index in [1.165, 1.54) is 5.56 Å². The maximum Gasteiger partial charge on any atom is 0.224 e. The van der Waals surface area contributed by atoms with Gasteiger partial charge in [-0.1, -0.05) is 0 Å². The Kier molecular flexibility index (Phi) is 3.71. The molecule has 5 heteroatoms. The number of hydrogen-bond donors (Lipinski definition) is 2. The summed E-state index contributed by atoms with van der Waals surface area (Å²) < 4.78 is 0. The van der Waals surface area contributed by atoms with Gasteiger partial charge in [-0.05, 0) is 34.9 Å². The SMILES string of the molecule is CNc1nccc(NCCc2ccsc2)n1. The van der Waals surface area contributed by atoms with Gasteiger partial charge in [0.25, 0.3) is 0 Å². The molecule has 0 radical (unpaired) electrons. The largest absolute Gasteiger partial charge is 0.370 e. The van der Waals surface area contributed by atoms with Crippen molar-refractivity contribution in [3.63, 3.8) is 0 Å². The lowest BCUT2D eigenvalue weighted by Gasteiger charge is -2.05. The van der Waals surface area contributed by atoms with Crippen molar-refractivity contribution < 1.29 is 0 Å². The summed E-state index contributed by atoms with van der Waals surface area (Å²) in [7, 11) is 1.81. The average Bonchev–Trinajstić information content (AvgIpc) is 2.82. The first-order valence-electron chi connectivity index (χ1n) is 5.14. The molecular weight excluding hydrogens is 220 g/mol. The number of nitrogens with zero attached hydrogens (tertiary/aromatic N) is 2. The summed E-state index contributed by atoms with van der Waals surface area (Å²) in [4.78, 5) is 8.33. The van der Waals surface area contributed by atoms with E-state index in [0.29, 0.717) is 5.95 Å². The van der Waals surface area contributed by atoms with Crippen LogP contribution in [0.5, 0.6) is 0 Å². The molecule has 0 aromatic carbocycles. The molecular formula is C11H14N4S. The summed E-state index contributed by atoms with van der Waals surface area (Å²) in [5, 5.41) is 10.4. The van der Waals surface area contributed by atoms with E-state index in [4.69, 9.17) is 0 Å². The first kappa shape index (κ1) is 10.9. The molecule has 0 atom stereocenters. The van der Waals surface area contributed by atoms with Crippen LogP contribution in [0.2, 0.25) is 0 Å². The van der Waals surface area contributed by atoms with Gasteiger partial charge in [-0.3, -0.25) is 0 Å². The first-order valence-corrected chi connectivity index (χ1v) is 6.08. The van der Waals surface area contributed by atoms with Crippen LogP contribution >= 0.6 is 11.3 Å². The summed E-state index contributed by atoms with van der Waals surface area (Å²) in [5.41, 5.74) is 1.36. The number of anilines is 2. The molecule has 0 aliphatic carbocycles. The maximum atomic E-state index is 4.28. The van der Waals surface area contributed by atoms with Crippen molar-refractivity contribution in [2.24, 2.45) is 0 Å². The van der Waals surface area contributed by atoms with Gasteiger partial charge in [-0.2, -0.15) is 16.3 Å². The molecule has 0 fully saturated rings. The van der Waals surface area contributed by atoms with Gasteiger partial charge in [-0.25, -0.2) is 4.98 Å². The second-order valence-corrected chi connectivity index (χ2v) is 4.10. The van der Waals surface area contributed by atoms with Crippen LogP contribution in [0.4, 0.5) is 11.8 Å². The van der Waals surface area contributed by atoms with Crippen molar-refractivity contribution in [1.82, 2.24) is 9.97 Å². The number of hydrogen-bond acceptors (Lipinski definition) is 5. The van der Waals surface area contributed by atoms with Crippen LogP contribution in [0.15, 0.2) is 29.1 Å². The van der Waals surface area contributed by atoms with Crippen LogP contribution in [0.3, 0.4) is 0 Å². The quantitative estimate of drug-likeness (QED) is 0.833. The van der Waals surface area contributed by atoms with Gasteiger partial charge in [0.1, 0.15) is 5.82 Å². The minimum absolute atomic E-state index is 0.639. The molecule has 0 amide bonds. The normalized spacial score (nSPS) is 10.1. The number of aromatic nitrogens is 2. The van der Waals surface area contributed by atoms with Crippen LogP contribution in [0.1, 0.15) is 5.56 Å². The molecule has 2 heterocycles. The highest BCUT2D eigenvalue weighted by Crippen LogP contribution is 2.08. The third-order valence-electron chi connectivity index (χ3n) is 2.18. The first-order chi connectivity index (χ1) is 7.88. The number of nitrogens with one attached hydrogen (secondary N) is 2. The molecule has 0 aliphatic heterocycles. The van der Waals surface area contributed by atoms with Crippen molar-refractivity contribution in [1.29, 1.82) is 0 Å². The molecule has 0 aliphatic rings. The van der Waals surface area contributed by atoms with Crippen molar-refractivity contribution in [2.75, 3.05) is 24.2 Å². The average molecular weight is 234 g/mol. The molecule has 2 aromatic heterocycles. The maximum absolute atomic E-state index is 4.28. The second kappa shape index (κ2) is 5.46. The van der Waals surface area contributed by atoms with Crippen molar-refractivity contribution >= 4 is 23.1 Å². The van der Waals surface area contributed by atoms with E-state index in [1.807, 2.05) is 13.1 Å². The molecule has 0 saturated carbocycles. The van der Waals surface area contributed by atoms with E-state index >= 15 is 0 Å². The van der Waals surface area contributed by atoms with Gasteiger partial charge in [0.2, 0.25) is 5.95 Å². The summed E-state index contributed by atoms with van der Waals surface area (Å²) in [5.74, 6) is 1.50. The third-order valence-corrected chi connectivity index (χ3v) is 2.91. The molecule has 2 rings (SSSR count). The Bertz CT molecular complexity index is 427. The Morgan fingerprint density at radius 3 is 3.06 bits per heavy atom. The lowest BCUT2D eigenvalue weighted by Crippen LogP contribution is -2.07. The third kappa shape index (κ3) is 2.93. The summed E-state index contributed by atoms with van der Waals surface area (Å²) in [6.45, 7) is 0.886. The Morgan fingerprint density at radius 2 is 2.31 bits per heavy atom. The molecule has 0 saturated heterocycles. The molecule has 0 bridgehead atoms. The minimum Gasteiger partial charge on any atom is -0.370 e. The van der Waals surface area contributed by atoms with E-state index in [2.05, 4.69) is 37.4 Å². The monoisotopic (exact) mass is 234 g/mol. The molecule has 2 aromatic rings. The number of thiophene rings is 1. The lowest BCUT2D eigenvalue weighted by molar-refractivity contribution is 1.01. The highest BCUT2D eigenvalue weighted by atomic mass is 32.1. The van der Waals surface area contributed by atoms with Crippen molar-refractivity contribution in [3.8, 4) is 0 Å². The van der Waals surface area contributed by atoms with E-state index in [9.17, 15) is 0 Å². The highest BCUT2D eigenvalue weighted by molar-refractivity contribution is 7.07. The lowest BCUT2D eigenvalue weighted by atomic mass is 10.2. The predicted molar refractivity (Wildman–Crippen MR) is 68.1 cm³/mol. The second-order valence-electron chi connectivity index (χ2n) is 3.32. The van der Waals surface area contributed by atoms with Crippen LogP contribution in [0, 0.1) is 0 Å². The van der Waals surface area contributed by atoms with Crippen LogP contribution in [-0.2, 0) is 6.42 Å². The van der Waals surface area contributed by atoms with E-state index in [0.717, 1.165) is 18.8 Å². The van der Waals surface area contributed by atoms with E-state index in [-0.39, 0.29) is 0 Å². The summed E-state index contributed by atoms with van der Waals surface area (Å²) >= 11 is 1.73. The molecule has 0 spiro atoms. The van der Waals surface area contributed by atoms with Gasteiger partial charge in [0.15, 0.2) is 0 Å². The fourth-order valence-electron chi connectivity index (χ4n) is 1.35. The molecule has 2 N–H and O–H groups in total. The van der Waals surface area contributed by atoms with E-state index < -0.39 is 0 Å². The fourth-order valence-corrected chi connectivity index (χ4v) is 2.05. The molecule has 84 valence electrons. The Labute approximate surface area is 98.8 Å². The van der Waals surface area contributed by atoms with Gasteiger partial charge >= 0.3 is 0 Å². The van der Waals surface area contributed by atoms with Crippen molar-refractivity contribution in [3.05, 3.63) is 34.7 Å². The van der Waals surface area contributed by atoms with Crippen LogP contribution in [-0.4, -0.2) is 23.6 Å². The fraction of sp³-hybridized carbons (Fsp3) is 0.273. The van der Waals surface area contributed by atoms with E-state index in [1.54, 1.807) is 17.5 Å². The molecule has 0 unspecified atom stereocenters. The Morgan fingerprint density at radius 1 is 1.38 bits per heavy atom. The smallest absolute Gasteiger partial charge is 0.224 e. The summed E-state index contributed by atoms with van der Waals surface area (Å²) in [6, 6.07) is 4.01. The zero-order chi connectivity index (χ0) is 11.2. The Hall–Kier alpha value is -1.62. The van der Waals surface area contributed by atoms with Gasteiger partial charge in [0.05, 0.1) is 0 Å². The molecule has 4 nitrogen and oxygen atoms in total. The molecule has 16 heavy (non-hydrogen) atoms. The zero-order valence-corrected chi connectivity index (χ0v) is 9.92. The number of rotatable bonds is 5. The standard InChI is InChI=1S/C11H14N4S/c1-12-11-14-6-3-10(15-11)13-5-2-9-4-7-16-8-9/h3-4,6-8H,2,5H2,1H3,(H2,12,13,14,15).